The number of cyclic esters (lactones) is 1. The van der Waals surface area contributed by atoms with Gasteiger partial charge in [0.25, 0.3) is 0 Å². The molecule has 36 heavy (non-hydrogen) atoms. The van der Waals surface area contributed by atoms with Crippen LogP contribution >= 0.6 is 0 Å². The van der Waals surface area contributed by atoms with Crippen LogP contribution in [0.15, 0.2) is 29.8 Å². The van der Waals surface area contributed by atoms with Crippen LogP contribution in [0.25, 0.3) is 0 Å². The highest BCUT2D eigenvalue weighted by Gasteiger charge is 2.34. The van der Waals surface area contributed by atoms with E-state index in [4.69, 9.17) is 4.74 Å². The lowest BCUT2D eigenvalue weighted by Crippen LogP contribution is -2.48. The predicted molar refractivity (Wildman–Crippen MR) is 132 cm³/mol. The molecule has 4 rings (SSSR count). The number of nitrogens with zero attached hydrogens (tertiary/aromatic N) is 3. The molecule has 1 saturated carbocycles. The number of hydrogen-bond acceptors (Lipinski definition) is 6. The maximum atomic E-state index is 15.0. The minimum absolute atomic E-state index is 0.206. The summed E-state index contributed by atoms with van der Waals surface area (Å²) < 4.78 is 20.3. The van der Waals surface area contributed by atoms with Crippen molar-refractivity contribution in [3.8, 4) is 6.07 Å². The topological polar surface area (TPSA) is 115 Å². The Hall–Kier alpha value is -3.61. The van der Waals surface area contributed by atoms with E-state index in [9.17, 15) is 19.6 Å². The van der Waals surface area contributed by atoms with Crippen LogP contribution in [0, 0.1) is 17.1 Å². The fourth-order valence-electron chi connectivity index (χ4n) is 5.07. The third-order valence-corrected chi connectivity index (χ3v) is 7.06. The van der Waals surface area contributed by atoms with Crippen LogP contribution < -0.4 is 20.4 Å². The minimum atomic E-state index is -0.760. The Labute approximate surface area is 210 Å². The van der Waals surface area contributed by atoms with Crippen molar-refractivity contribution in [3.63, 3.8) is 0 Å². The molecule has 1 unspecified atom stereocenters. The molecule has 2 heterocycles. The highest BCUT2D eigenvalue weighted by Crippen LogP contribution is 2.31. The smallest absolute Gasteiger partial charge is 0.414 e. The number of piperidine rings is 1. The number of carbonyl (C=O) groups excluding carboxylic acids is 3. The Morgan fingerprint density at radius 2 is 1.97 bits per heavy atom. The van der Waals surface area contributed by atoms with Crippen molar-refractivity contribution in [1.29, 1.82) is 5.26 Å². The molecule has 10 heteroatoms. The van der Waals surface area contributed by atoms with Gasteiger partial charge in [0.05, 0.1) is 30.5 Å². The highest BCUT2D eigenvalue weighted by atomic mass is 19.1. The molecule has 1 aromatic rings. The van der Waals surface area contributed by atoms with E-state index in [1.165, 1.54) is 17.9 Å². The average molecular weight is 498 g/mol. The second kappa shape index (κ2) is 11.0. The summed E-state index contributed by atoms with van der Waals surface area (Å²) in [5, 5.41) is 15.1. The first-order valence-corrected chi connectivity index (χ1v) is 12.5. The molecule has 3 aliphatic rings. The van der Waals surface area contributed by atoms with Gasteiger partial charge in [-0.15, -0.1) is 0 Å². The van der Waals surface area contributed by atoms with E-state index in [0.717, 1.165) is 24.8 Å². The molecule has 2 aliphatic heterocycles. The van der Waals surface area contributed by atoms with E-state index in [-0.39, 0.29) is 24.9 Å². The Balaban J connectivity index is 1.33. The largest absolute Gasteiger partial charge is 0.442 e. The van der Waals surface area contributed by atoms with Crippen LogP contribution in [0.2, 0.25) is 0 Å². The number of benzene rings is 1. The number of carbonyl (C=O) groups is 3. The summed E-state index contributed by atoms with van der Waals surface area (Å²) in [5.41, 5.74) is 1.06. The van der Waals surface area contributed by atoms with E-state index in [1.807, 2.05) is 4.90 Å². The second-order valence-electron chi connectivity index (χ2n) is 9.72. The number of nitrogens with one attached hydrogen (secondary N) is 2. The fraction of sp³-hybridized carbons (Fsp3) is 0.538. The quantitative estimate of drug-likeness (QED) is 0.584. The van der Waals surface area contributed by atoms with Gasteiger partial charge in [-0.25, -0.2) is 9.18 Å². The zero-order valence-electron chi connectivity index (χ0n) is 20.5. The number of halogens is 1. The Kier molecular flexibility index (Phi) is 7.77. The van der Waals surface area contributed by atoms with Crippen molar-refractivity contribution >= 4 is 29.3 Å². The number of ether oxygens (including phenoxy) is 1. The first kappa shape index (κ1) is 25.5. The third-order valence-electron chi connectivity index (χ3n) is 7.06. The lowest BCUT2D eigenvalue weighted by atomic mass is 9.83. The van der Waals surface area contributed by atoms with Crippen molar-refractivity contribution in [1.82, 2.24) is 10.6 Å². The molecule has 192 valence electrons. The highest BCUT2D eigenvalue weighted by molar-refractivity contribution is 5.90. The van der Waals surface area contributed by atoms with Crippen molar-refractivity contribution in [2.75, 3.05) is 36.0 Å². The molecule has 1 aliphatic carbocycles. The van der Waals surface area contributed by atoms with Gasteiger partial charge in [0.1, 0.15) is 17.5 Å². The van der Waals surface area contributed by atoms with E-state index in [1.54, 1.807) is 18.2 Å². The molecule has 0 aromatic heterocycles. The number of nitriles is 1. The summed E-state index contributed by atoms with van der Waals surface area (Å²) >= 11 is 0. The first-order chi connectivity index (χ1) is 17.3. The van der Waals surface area contributed by atoms with Gasteiger partial charge in [0.15, 0.2) is 0 Å². The van der Waals surface area contributed by atoms with E-state index < -0.39 is 23.6 Å². The van der Waals surface area contributed by atoms with Crippen molar-refractivity contribution in [2.45, 2.75) is 63.5 Å². The molecule has 0 radical (unpaired) electrons. The zero-order chi connectivity index (χ0) is 25.7. The lowest BCUT2D eigenvalue weighted by molar-refractivity contribution is -0.119. The fourth-order valence-corrected chi connectivity index (χ4v) is 5.07. The molecule has 3 amide bonds. The second-order valence-corrected chi connectivity index (χ2v) is 9.72. The summed E-state index contributed by atoms with van der Waals surface area (Å²) in [6.07, 6.45) is 6.13. The molecule has 2 saturated heterocycles. The summed E-state index contributed by atoms with van der Waals surface area (Å²) in [7, 11) is 0. The average Bonchev–Trinajstić information content (AvgIpc) is 3.24. The van der Waals surface area contributed by atoms with Gasteiger partial charge in [-0.05, 0) is 43.9 Å². The minimum Gasteiger partial charge on any atom is -0.442 e. The molecule has 3 fully saturated rings. The molecule has 1 atom stereocenters. The van der Waals surface area contributed by atoms with Crippen LogP contribution in [-0.4, -0.2) is 55.7 Å². The van der Waals surface area contributed by atoms with Crippen LogP contribution in [0.5, 0.6) is 0 Å². The van der Waals surface area contributed by atoms with Crippen LogP contribution in [-0.2, 0) is 14.3 Å². The van der Waals surface area contributed by atoms with E-state index in [0.29, 0.717) is 50.1 Å². The van der Waals surface area contributed by atoms with E-state index in [2.05, 4.69) is 16.7 Å². The summed E-state index contributed by atoms with van der Waals surface area (Å²) in [6, 6.07) is 6.96. The van der Waals surface area contributed by atoms with Crippen molar-refractivity contribution in [2.24, 2.45) is 0 Å². The molecule has 9 nitrogen and oxygen atoms in total. The SMILES string of the molecule is CC(=O)NCC1CN(c2ccc(N3CCC(=CC(=O)NC4(C#N)CCCCC4)CC3)c(F)c2)C(=O)O1. The molecule has 0 bridgehead atoms. The Morgan fingerprint density at radius 1 is 1.25 bits per heavy atom. The maximum Gasteiger partial charge on any atom is 0.414 e. The lowest BCUT2D eigenvalue weighted by Gasteiger charge is -2.32. The van der Waals surface area contributed by atoms with Crippen LogP contribution in [0.4, 0.5) is 20.6 Å². The monoisotopic (exact) mass is 497 g/mol. The van der Waals surface area contributed by atoms with Gasteiger partial charge in [-0.1, -0.05) is 24.8 Å². The first-order valence-electron chi connectivity index (χ1n) is 12.5. The van der Waals surface area contributed by atoms with Crippen LogP contribution in [0.1, 0.15) is 51.9 Å². The number of anilines is 2. The predicted octanol–water partition coefficient (Wildman–Crippen LogP) is 3.16. The van der Waals surface area contributed by atoms with Crippen molar-refractivity contribution in [3.05, 3.63) is 35.7 Å². The van der Waals surface area contributed by atoms with Gasteiger partial charge in [-0.2, -0.15) is 5.26 Å². The molecule has 2 N–H and O–H groups in total. The standard InChI is InChI=1S/C26H32FN5O4/c1-18(33)29-15-21-16-32(25(35)36-21)20-5-6-23(22(27)14-20)31-11-7-19(8-12-31)13-24(34)30-26(17-28)9-3-2-4-10-26/h5-6,13-14,21H,2-4,7-12,15-16H2,1H3,(H,29,33)(H,30,34). The zero-order valence-corrected chi connectivity index (χ0v) is 20.5. The summed E-state index contributed by atoms with van der Waals surface area (Å²) in [6.45, 7) is 2.94. The summed E-state index contributed by atoms with van der Waals surface area (Å²) in [5.74, 6) is -0.883. The normalized spacial score (nSPS) is 21.4. The van der Waals surface area contributed by atoms with Crippen LogP contribution in [0.3, 0.4) is 0 Å². The Bertz CT molecular complexity index is 1080. The molecular weight excluding hydrogens is 465 g/mol. The van der Waals surface area contributed by atoms with Gasteiger partial charge in [0, 0.05) is 26.1 Å². The van der Waals surface area contributed by atoms with E-state index >= 15 is 4.39 Å². The van der Waals surface area contributed by atoms with Gasteiger partial charge < -0.3 is 20.3 Å². The van der Waals surface area contributed by atoms with Crippen molar-refractivity contribution < 1.29 is 23.5 Å². The number of rotatable bonds is 6. The molecular formula is C26H32FN5O4. The van der Waals surface area contributed by atoms with Gasteiger partial charge >= 0.3 is 6.09 Å². The number of amides is 3. The molecule has 1 aromatic carbocycles. The summed E-state index contributed by atoms with van der Waals surface area (Å²) in [4.78, 5) is 39.2. The van der Waals surface area contributed by atoms with Gasteiger partial charge in [-0.3, -0.25) is 14.5 Å². The Morgan fingerprint density at radius 3 is 2.61 bits per heavy atom. The number of hydrogen-bond donors (Lipinski definition) is 2. The van der Waals surface area contributed by atoms with Gasteiger partial charge in [0.2, 0.25) is 11.8 Å². The molecule has 0 spiro atoms. The maximum absolute atomic E-state index is 15.0. The third kappa shape index (κ3) is 5.96.